The molecule has 29 heavy (non-hydrogen) atoms. The first-order valence-electron chi connectivity index (χ1n) is 8.72. The third kappa shape index (κ3) is 3.34. The van der Waals surface area contributed by atoms with Crippen LogP contribution in [0.5, 0.6) is 5.75 Å². The maximum Gasteiger partial charge on any atom is 0.266 e. The largest absolute Gasteiger partial charge is 0.497 e. The van der Waals surface area contributed by atoms with Gasteiger partial charge in [-0.2, -0.15) is 0 Å². The number of methoxy groups -OCH3 is 1. The highest BCUT2D eigenvalue weighted by Gasteiger charge is 2.36. The van der Waals surface area contributed by atoms with Crippen LogP contribution in [0, 0.1) is 0 Å². The summed E-state index contributed by atoms with van der Waals surface area (Å²) in [4.78, 5) is 38.7. The molecule has 1 heterocycles. The van der Waals surface area contributed by atoms with Crippen molar-refractivity contribution >= 4 is 40.7 Å². The number of carbonyl (C=O) groups excluding carboxylic acids is 3. The maximum atomic E-state index is 12.6. The fourth-order valence-corrected chi connectivity index (χ4v) is 3.33. The number of imide groups is 1. The van der Waals surface area contributed by atoms with E-state index in [1.54, 1.807) is 67.8 Å². The van der Waals surface area contributed by atoms with Crippen LogP contribution in [0.3, 0.4) is 0 Å². The van der Waals surface area contributed by atoms with Gasteiger partial charge in [-0.15, -0.1) is 0 Å². The Labute approximate surface area is 171 Å². The van der Waals surface area contributed by atoms with Gasteiger partial charge in [0.15, 0.2) is 0 Å². The van der Waals surface area contributed by atoms with Crippen molar-refractivity contribution in [3.8, 4) is 5.75 Å². The van der Waals surface area contributed by atoms with Crippen LogP contribution in [0.15, 0.2) is 66.7 Å². The van der Waals surface area contributed by atoms with Gasteiger partial charge in [-0.3, -0.25) is 14.4 Å². The van der Waals surface area contributed by atoms with Gasteiger partial charge in [0.25, 0.3) is 17.7 Å². The molecule has 3 amide bonds. The molecule has 1 aliphatic heterocycles. The molecule has 0 atom stereocenters. The zero-order valence-electron chi connectivity index (χ0n) is 15.3. The van der Waals surface area contributed by atoms with E-state index in [0.717, 1.165) is 4.90 Å². The average Bonchev–Trinajstić information content (AvgIpc) is 3.00. The number of carbonyl (C=O) groups is 3. The monoisotopic (exact) mass is 406 g/mol. The lowest BCUT2D eigenvalue weighted by Gasteiger charge is -2.16. The molecular formula is C22H15ClN2O4. The van der Waals surface area contributed by atoms with Crippen molar-refractivity contribution in [2.24, 2.45) is 0 Å². The Bertz CT molecular complexity index is 1110. The van der Waals surface area contributed by atoms with Gasteiger partial charge in [-0.05, 0) is 54.6 Å². The van der Waals surface area contributed by atoms with Gasteiger partial charge in [-0.25, -0.2) is 4.90 Å². The second kappa shape index (κ2) is 7.41. The lowest BCUT2D eigenvalue weighted by atomic mass is 10.1. The average molecular weight is 407 g/mol. The number of amides is 3. The topological polar surface area (TPSA) is 75.7 Å². The van der Waals surface area contributed by atoms with Gasteiger partial charge in [0.05, 0.1) is 34.6 Å². The zero-order chi connectivity index (χ0) is 20.5. The van der Waals surface area contributed by atoms with Gasteiger partial charge in [0.2, 0.25) is 0 Å². The van der Waals surface area contributed by atoms with E-state index in [2.05, 4.69) is 5.32 Å². The van der Waals surface area contributed by atoms with E-state index >= 15 is 0 Å². The SMILES string of the molecule is COc1ccc(C(=O)Nc2ccc(N3C(=O)c4ccccc4C3=O)cc2Cl)cc1. The normalized spacial score (nSPS) is 12.7. The first-order valence-corrected chi connectivity index (χ1v) is 9.10. The molecule has 3 aromatic carbocycles. The number of fused-ring (bicyclic) bond motifs is 1. The minimum atomic E-state index is -0.406. The molecule has 0 aliphatic carbocycles. The first kappa shape index (κ1) is 18.7. The quantitative estimate of drug-likeness (QED) is 0.651. The van der Waals surface area contributed by atoms with E-state index in [4.69, 9.17) is 16.3 Å². The van der Waals surface area contributed by atoms with E-state index in [-0.39, 0.29) is 10.9 Å². The molecule has 0 spiro atoms. The Morgan fingerprint density at radius 1 is 0.931 bits per heavy atom. The summed E-state index contributed by atoms with van der Waals surface area (Å²) in [5, 5.41) is 2.93. The minimum Gasteiger partial charge on any atom is -0.497 e. The van der Waals surface area contributed by atoms with E-state index in [1.165, 1.54) is 6.07 Å². The first-order chi connectivity index (χ1) is 14.0. The fraction of sp³-hybridized carbons (Fsp3) is 0.0455. The molecule has 1 N–H and O–H groups in total. The Hall–Kier alpha value is -3.64. The highest BCUT2D eigenvalue weighted by atomic mass is 35.5. The highest BCUT2D eigenvalue weighted by Crippen LogP contribution is 2.33. The molecule has 0 saturated carbocycles. The Kier molecular flexibility index (Phi) is 4.78. The summed E-state index contributed by atoms with van der Waals surface area (Å²) in [6.07, 6.45) is 0. The van der Waals surface area contributed by atoms with Gasteiger partial charge < -0.3 is 10.1 Å². The van der Waals surface area contributed by atoms with E-state index < -0.39 is 11.8 Å². The predicted molar refractivity (Wildman–Crippen MR) is 110 cm³/mol. The summed E-state index contributed by atoms with van der Waals surface area (Å²) >= 11 is 6.31. The molecule has 144 valence electrons. The summed E-state index contributed by atoms with van der Waals surface area (Å²) < 4.78 is 5.08. The van der Waals surface area contributed by atoms with Crippen molar-refractivity contribution in [3.05, 3.63) is 88.4 Å². The summed E-state index contributed by atoms with van der Waals surface area (Å²) in [5.74, 6) is -0.513. The zero-order valence-corrected chi connectivity index (χ0v) is 16.1. The van der Waals surface area contributed by atoms with Gasteiger partial charge >= 0.3 is 0 Å². The van der Waals surface area contributed by atoms with Crippen LogP contribution in [0.25, 0.3) is 0 Å². The van der Waals surface area contributed by atoms with Crippen molar-refractivity contribution in [3.63, 3.8) is 0 Å². The van der Waals surface area contributed by atoms with Crippen LogP contribution in [-0.2, 0) is 0 Å². The van der Waals surface area contributed by atoms with Gasteiger partial charge in [-0.1, -0.05) is 23.7 Å². The van der Waals surface area contributed by atoms with Crippen LogP contribution >= 0.6 is 11.6 Å². The Morgan fingerprint density at radius 3 is 2.10 bits per heavy atom. The van der Waals surface area contributed by atoms with Crippen molar-refractivity contribution in [1.82, 2.24) is 0 Å². The predicted octanol–water partition coefficient (Wildman–Crippen LogP) is 4.40. The van der Waals surface area contributed by atoms with Crippen LogP contribution < -0.4 is 15.0 Å². The van der Waals surface area contributed by atoms with Gasteiger partial charge in [0.1, 0.15) is 5.75 Å². The summed E-state index contributed by atoms with van der Waals surface area (Å²) in [6, 6.07) is 17.9. The number of rotatable bonds is 4. The van der Waals surface area contributed by atoms with Gasteiger partial charge in [0, 0.05) is 5.56 Å². The highest BCUT2D eigenvalue weighted by molar-refractivity contribution is 6.37. The summed E-state index contributed by atoms with van der Waals surface area (Å²) in [7, 11) is 1.55. The molecule has 4 rings (SSSR count). The smallest absolute Gasteiger partial charge is 0.266 e. The fourth-order valence-electron chi connectivity index (χ4n) is 3.11. The van der Waals surface area contributed by atoms with Crippen molar-refractivity contribution in [2.45, 2.75) is 0 Å². The van der Waals surface area contributed by atoms with Crippen molar-refractivity contribution in [1.29, 1.82) is 0 Å². The van der Waals surface area contributed by atoms with Crippen LogP contribution in [0.2, 0.25) is 5.02 Å². The van der Waals surface area contributed by atoms with Crippen LogP contribution in [-0.4, -0.2) is 24.8 Å². The number of nitrogens with one attached hydrogen (secondary N) is 1. The summed E-state index contributed by atoms with van der Waals surface area (Å²) in [5.41, 5.74) is 1.85. The molecule has 3 aromatic rings. The standard InChI is InChI=1S/C22H15ClN2O4/c1-29-15-9-6-13(7-10-15)20(26)24-19-11-8-14(12-18(19)23)25-21(27)16-4-2-3-5-17(16)22(25)28/h2-12H,1H3,(H,24,26). The third-order valence-corrected chi connectivity index (χ3v) is 4.92. The Balaban J connectivity index is 1.56. The number of hydrogen-bond donors (Lipinski definition) is 1. The number of halogens is 1. The van der Waals surface area contributed by atoms with Crippen molar-refractivity contribution in [2.75, 3.05) is 17.3 Å². The maximum absolute atomic E-state index is 12.6. The molecule has 0 bridgehead atoms. The molecular weight excluding hydrogens is 392 g/mol. The number of nitrogens with zero attached hydrogens (tertiary/aromatic N) is 1. The third-order valence-electron chi connectivity index (χ3n) is 4.61. The molecule has 0 aromatic heterocycles. The lowest BCUT2D eigenvalue weighted by molar-refractivity contribution is 0.0924. The number of anilines is 2. The van der Waals surface area contributed by atoms with Crippen LogP contribution in [0.1, 0.15) is 31.1 Å². The minimum absolute atomic E-state index is 0.209. The molecule has 6 nitrogen and oxygen atoms in total. The number of ether oxygens (including phenoxy) is 1. The molecule has 1 aliphatic rings. The molecule has 0 unspecified atom stereocenters. The number of hydrogen-bond acceptors (Lipinski definition) is 4. The molecule has 0 fully saturated rings. The second-order valence-corrected chi connectivity index (χ2v) is 6.75. The van der Waals surface area contributed by atoms with E-state index in [9.17, 15) is 14.4 Å². The summed E-state index contributed by atoms with van der Waals surface area (Å²) in [6.45, 7) is 0. The lowest BCUT2D eigenvalue weighted by Crippen LogP contribution is -2.29. The molecule has 0 radical (unpaired) electrons. The second-order valence-electron chi connectivity index (χ2n) is 6.34. The molecule has 7 heteroatoms. The Morgan fingerprint density at radius 2 is 1.55 bits per heavy atom. The van der Waals surface area contributed by atoms with Crippen molar-refractivity contribution < 1.29 is 19.1 Å². The van der Waals surface area contributed by atoms with E-state index in [1.807, 2.05) is 0 Å². The van der Waals surface area contributed by atoms with Crippen LogP contribution in [0.4, 0.5) is 11.4 Å². The van der Waals surface area contributed by atoms with E-state index in [0.29, 0.717) is 33.8 Å². The molecule has 0 saturated heterocycles. The number of benzene rings is 3.